The molecule has 0 bridgehead atoms. The van der Waals surface area contributed by atoms with E-state index in [0.717, 1.165) is 11.4 Å². The van der Waals surface area contributed by atoms with Crippen molar-refractivity contribution in [3.05, 3.63) is 47.3 Å². The number of nitrogens with zero attached hydrogens (tertiary/aromatic N) is 2. The van der Waals surface area contributed by atoms with Crippen molar-refractivity contribution < 1.29 is 14.3 Å². The quantitative estimate of drug-likeness (QED) is 0.626. The van der Waals surface area contributed by atoms with Gasteiger partial charge in [-0.1, -0.05) is 18.2 Å². The van der Waals surface area contributed by atoms with E-state index in [9.17, 15) is 9.59 Å². The summed E-state index contributed by atoms with van der Waals surface area (Å²) in [6.07, 6.45) is 0.852. The minimum Gasteiger partial charge on any atom is -0.466 e. The maximum absolute atomic E-state index is 12.4. The third-order valence-electron chi connectivity index (χ3n) is 3.67. The van der Waals surface area contributed by atoms with E-state index in [1.165, 1.54) is 0 Å². The molecule has 0 unspecified atom stereocenters. The summed E-state index contributed by atoms with van der Waals surface area (Å²) in [6.45, 7) is 6.27. The van der Waals surface area contributed by atoms with E-state index in [4.69, 9.17) is 4.74 Å². The summed E-state index contributed by atoms with van der Waals surface area (Å²) in [5, 5.41) is 7.31. The van der Waals surface area contributed by atoms with Gasteiger partial charge in [-0.05, 0) is 39.3 Å². The molecule has 0 aliphatic heterocycles. The number of carbonyl (C=O) groups is 2. The maximum atomic E-state index is 12.4. The van der Waals surface area contributed by atoms with Crippen molar-refractivity contribution in [2.75, 3.05) is 13.2 Å². The lowest BCUT2D eigenvalue weighted by atomic mass is 10.1. The zero-order chi connectivity index (χ0) is 17.5. The van der Waals surface area contributed by atoms with Gasteiger partial charge in [0.25, 0.3) is 5.91 Å². The molecule has 1 amide bonds. The number of amides is 1. The number of rotatable bonds is 7. The van der Waals surface area contributed by atoms with Crippen LogP contribution in [-0.2, 0) is 9.53 Å². The molecule has 0 spiro atoms. The topological polar surface area (TPSA) is 73.2 Å². The van der Waals surface area contributed by atoms with E-state index in [-0.39, 0.29) is 11.9 Å². The van der Waals surface area contributed by atoms with Gasteiger partial charge in [0.2, 0.25) is 0 Å². The number of carbonyl (C=O) groups excluding carboxylic acids is 2. The first-order valence-electron chi connectivity index (χ1n) is 8.10. The van der Waals surface area contributed by atoms with E-state index < -0.39 is 0 Å². The van der Waals surface area contributed by atoms with Crippen LogP contribution in [0.25, 0.3) is 5.69 Å². The highest BCUT2D eigenvalue weighted by Crippen LogP contribution is 2.17. The number of para-hydroxylation sites is 1. The van der Waals surface area contributed by atoms with Crippen molar-refractivity contribution in [3.8, 4) is 5.69 Å². The van der Waals surface area contributed by atoms with Crippen molar-refractivity contribution in [3.63, 3.8) is 0 Å². The molecule has 0 atom stereocenters. The molecule has 0 saturated carbocycles. The summed E-state index contributed by atoms with van der Waals surface area (Å²) in [4.78, 5) is 23.7. The Morgan fingerprint density at radius 1 is 1.21 bits per heavy atom. The zero-order valence-corrected chi connectivity index (χ0v) is 14.3. The molecule has 24 heavy (non-hydrogen) atoms. The van der Waals surface area contributed by atoms with Crippen molar-refractivity contribution in [1.29, 1.82) is 0 Å². The summed E-state index contributed by atoms with van der Waals surface area (Å²) in [6, 6.07) is 9.69. The summed E-state index contributed by atoms with van der Waals surface area (Å²) in [5.74, 6) is -0.410. The number of esters is 1. The third kappa shape index (κ3) is 4.22. The van der Waals surface area contributed by atoms with Crippen LogP contribution in [0.2, 0.25) is 0 Å². The highest BCUT2D eigenvalue weighted by molar-refractivity contribution is 5.96. The van der Waals surface area contributed by atoms with Crippen molar-refractivity contribution >= 4 is 11.9 Å². The Kier molecular flexibility index (Phi) is 6.12. The van der Waals surface area contributed by atoms with Crippen LogP contribution in [-0.4, -0.2) is 34.8 Å². The van der Waals surface area contributed by atoms with E-state index in [1.807, 2.05) is 44.2 Å². The minimum atomic E-state index is -0.240. The van der Waals surface area contributed by atoms with Crippen LogP contribution >= 0.6 is 0 Å². The van der Waals surface area contributed by atoms with Gasteiger partial charge in [0.1, 0.15) is 0 Å². The van der Waals surface area contributed by atoms with Crippen molar-refractivity contribution in [2.45, 2.75) is 33.6 Å². The predicted octanol–water partition coefficient (Wildman–Crippen LogP) is 2.56. The Morgan fingerprint density at radius 3 is 2.58 bits per heavy atom. The average molecular weight is 329 g/mol. The third-order valence-corrected chi connectivity index (χ3v) is 3.67. The Bertz CT molecular complexity index is 708. The molecule has 1 aromatic carbocycles. The normalized spacial score (nSPS) is 10.5. The molecular weight excluding hydrogens is 306 g/mol. The lowest BCUT2D eigenvalue weighted by molar-refractivity contribution is -0.143. The molecule has 0 aliphatic rings. The minimum absolute atomic E-state index is 0.170. The van der Waals surface area contributed by atoms with Crippen LogP contribution in [0.5, 0.6) is 0 Å². The van der Waals surface area contributed by atoms with Gasteiger partial charge in [-0.25, -0.2) is 4.68 Å². The lowest BCUT2D eigenvalue weighted by Crippen LogP contribution is -2.26. The molecule has 1 N–H and O–H groups in total. The standard InChI is InChI=1S/C18H23N3O3/c1-4-24-16(22)11-8-12-19-18(23)17-13(2)20-21(14(17)3)15-9-6-5-7-10-15/h5-7,9-10H,4,8,11-12H2,1-3H3,(H,19,23). The highest BCUT2D eigenvalue weighted by atomic mass is 16.5. The summed E-state index contributed by atoms with van der Waals surface area (Å²) in [5.41, 5.74) is 2.97. The van der Waals surface area contributed by atoms with E-state index in [2.05, 4.69) is 10.4 Å². The first-order valence-corrected chi connectivity index (χ1v) is 8.10. The van der Waals surface area contributed by atoms with Crippen LogP contribution in [0, 0.1) is 13.8 Å². The number of aryl methyl sites for hydroxylation is 1. The largest absolute Gasteiger partial charge is 0.466 e. The summed E-state index contributed by atoms with van der Waals surface area (Å²) < 4.78 is 6.63. The van der Waals surface area contributed by atoms with Gasteiger partial charge < -0.3 is 10.1 Å². The number of benzene rings is 1. The van der Waals surface area contributed by atoms with Crippen LogP contribution < -0.4 is 5.32 Å². The second-order valence-electron chi connectivity index (χ2n) is 5.46. The Morgan fingerprint density at radius 2 is 1.92 bits per heavy atom. The van der Waals surface area contributed by atoms with Gasteiger partial charge in [0, 0.05) is 13.0 Å². The second kappa shape index (κ2) is 8.29. The Hall–Kier alpha value is -2.63. The Balaban J connectivity index is 2.00. The van der Waals surface area contributed by atoms with Gasteiger partial charge in [-0.2, -0.15) is 5.10 Å². The van der Waals surface area contributed by atoms with E-state index in [1.54, 1.807) is 11.6 Å². The van der Waals surface area contributed by atoms with Gasteiger partial charge in [0.05, 0.1) is 29.2 Å². The summed E-state index contributed by atoms with van der Waals surface area (Å²) >= 11 is 0. The van der Waals surface area contributed by atoms with Gasteiger partial charge in [0.15, 0.2) is 0 Å². The predicted molar refractivity (Wildman–Crippen MR) is 91.2 cm³/mol. The molecule has 1 heterocycles. The molecule has 0 aliphatic carbocycles. The molecule has 1 aromatic heterocycles. The van der Waals surface area contributed by atoms with Gasteiger partial charge in [-0.15, -0.1) is 0 Å². The average Bonchev–Trinajstić information content (AvgIpc) is 2.87. The van der Waals surface area contributed by atoms with Crippen LogP contribution in [0.1, 0.15) is 41.5 Å². The van der Waals surface area contributed by atoms with Gasteiger partial charge >= 0.3 is 5.97 Å². The van der Waals surface area contributed by atoms with Crippen molar-refractivity contribution in [1.82, 2.24) is 15.1 Å². The number of aromatic nitrogens is 2. The van der Waals surface area contributed by atoms with Crippen LogP contribution in [0.15, 0.2) is 30.3 Å². The molecule has 2 rings (SSSR count). The Labute approximate surface area is 141 Å². The number of hydrogen-bond acceptors (Lipinski definition) is 4. The van der Waals surface area contributed by atoms with E-state index >= 15 is 0 Å². The summed E-state index contributed by atoms with van der Waals surface area (Å²) in [7, 11) is 0. The molecule has 6 nitrogen and oxygen atoms in total. The first-order chi connectivity index (χ1) is 11.5. The van der Waals surface area contributed by atoms with Gasteiger partial charge in [-0.3, -0.25) is 9.59 Å². The van der Waals surface area contributed by atoms with E-state index in [0.29, 0.717) is 37.3 Å². The second-order valence-corrected chi connectivity index (χ2v) is 5.46. The number of hydrogen-bond donors (Lipinski definition) is 1. The maximum Gasteiger partial charge on any atom is 0.305 e. The van der Waals surface area contributed by atoms with Crippen LogP contribution in [0.4, 0.5) is 0 Å². The molecule has 128 valence electrons. The molecule has 0 radical (unpaired) electrons. The fourth-order valence-corrected chi connectivity index (χ4v) is 2.55. The molecule has 0 saturated heterocycles. The highest BCUT2D eigenvalue weighted by Gasteiger charge is 2.19. The van der Waals surface area contributed by atoms with Crippen LogP contribution in [0.3, 0.4) is 0 Å². The molecular formula is C18H23N3O3. The number of nitrogens with one attached hydrogen (secondary N) is 1. The fourth-order valence-electron chi connectivity index (χ4n) is 2.55. The molecule has 0 fully saturated rings. The zero-order valence-electron chi connectivity index (χ0n) is 14.3. The fraction of sp³-hybridized carbons (Fsp3) is 0.389. The first kappa shape index (κ1) is 17.7. The molecule has 2 aromatic rings. The number of ether oxygens (including phenoxy) is 1. The monoisotopic (exact) mass is 329 g/mol. The lowest BCUT2D eigenvalue weighted by Gasteiger charge is -2.07. The SMILES string of the molecule is CCOC(=O)CCCNC(=O)c1c(C)nn(-c2ccccc2)c1C. The smallest absolute Gasteiger partial charge is 0.305 e. The molecule has 6 heteroatoms. The van der Waals surface area contributed by atoms with Crippen molar-refractivity contribution in [2.24, 2.45) is 0 Å².